The average molecular weight is 341 g/mol. The summed E-state index contributed by atoms with van der Waals surface area (Å²) in [6.07, 6.45) is 6.96. The molecule has 1 aliphatic carbocycles. The van der Waals surface area contributed by atoms with Crippen LogP contribution in [0.15, 0.2) is 30.5 Å². The number of piperidine rings is 1. The third-order valence-corrected chi connectivity index (χ3v) is 6.23. The van der Waals surface area contributed by atoms with E-state index in [1.54, 1.807) is 22.5 Å². The second kappa shape index (κ2) is 6.30. The van der Waals surface area contributed by atoms with Crippen molar-refractivity contribution in [2.45, 2.75) is 44.6 Å². The number of hydrogen-bond acceptors (Lipinski definition) is 4. The van der Waals surface area contributed by atoms with Gasteiger partial charge in [0.15, 0.2) is 5.13 Å². The molecule has 24 heavy (non-hydrogen) atoms. The number of carbonyl (C=O) groups is 1. The quantitative estimate of drug-likeness (QED) is 0.928. The number of nitrogens with one attached hydrogen (secondary N) is 1. The van der Waals surface area contributed by atoms with Crippen molar-refractivity contribution in [1.82, 2.24) is 9.88 Å². The van der Waals surface area contributed by atoms with Crippen LogP contribution >= 0.6 is 11.3 Å². The summed E-state index contributed by atoms with van der Waals surface area (Å²) < 4.78 is 0. The van der Waals surface area contributed by atoms with Gasteiger partial charge in [-0.3, -0.25) is 9.69 Å². The fraction of sp³-hybridized carbons (Fsp3) is 0.474. The van der Waals surface area contributed by atoms with Crippen LogP contribution in [-0.4, -0.2) is 28.9 Å². The molecule has 1 fully saturated rings. The fourth-order valence-corrected chi connectivity index (χ4v) is 5.26. The van der Waals surface area contributed by atoms with Crippen molar-refractivity contribution in [2.24, 2.45) is 0 Å². The second-order valence-electron chi connectivity index (χ2n) is 7.06. The molecular formula is C19H23N3OS. The van der Waals surface area contributed by atoms with Gasteiger partial charge in [0.25, 0.3) is 0 Å². The molecule has 0 saturated carbocycles. The number of likely N-dealkylation sites (tertiary alicyclic amines) is 1. The van der Waals surface area contributed by atoms with Crippen LogP contribution < -0.4 is 5.32 Å². The molecule has 2 heterocycles. The molecule has 0 radical (unpaired) electrons. The Labute approximate surface area is 146 Å². The van der Waals surface area contributed by atoms with Crippen molar-refractivity contribution in [1.29, 1.82) is 0 Å². The van der Waals surface area contributed by atoms with Crippen LogP contribution in [0, 0.1) is 0 Å². The molecule has 1 aromatic carbocycles. The Balaban J connectivity index is 1.48. The minimum atomic E-state index is -0.0598. The number of aryl methyl sites for hydroxylation is 1. The smallest absolute Gasteiger partial charge is 0.223 e. The highest BCUT2D eigenvalue weighted by Gasteiger charge is 2.41. The lowest BCUT2D eigenvalue weighted by Gasteiger charge is -2.41. The molecule has 1 unspecified atom stereocenters. The van der Waals surface area contributed by atoms with Crippen molar-refractivity contribution in [3.63, 3.8) is 0 Å². The zero-order valence-electron chi connectivity index (χ0n) is 14.0. The maximum Gasteiger partial charge on any atom is 0.223 e. The first-order valence-electron chi connectivity index (χ1n) is 8.68. The Bertz CT molecular complexity index is 753. The summed E-state index contributed by atoms with van der Waals surface area (Å²) >= 11 is 1.59. The van der Waals surface area contributed by atoms with Gasteiger partial charge < -0.3 is 5.32 Å². The highest BCUT2D eigenvalue weighted by Crippen LogP contribution is 2.45. The molecule has 5 heteroatoms. The topological polar surface area (TPSA) is 45.2 Å². The van der Waals surface area contributed by atoms with Gasteiger partial charge >= 0.3 is 0 Å². The summed E-state index contributed by atoms with van der Waals surface area (Å²) in [6, 6.07) is 8.99. The minimum Gasteiger partial charge on any atom is -0.302 e. The number of hydrogen-bond donors (Lipinski definition) is 1. The molecule has 1 atom stereocenters. The molecule has 4 nitrogen and oxygen atoms in total. The van der Waals surface area contributed by atoms with Gasteiger partial charge in [-0.1, -0.05) is 24.3 Å². The van der Waals surface area contributed by atoms with E-state index in [0.717, 1.165) is 19.6 Å². The van der Waals surface area contributed by atoms with E-state index in [2.05, 4.69) is 39.5 Å². The molecule has 1 spiro atoms. The number of amides is 1. The van der Waals surface area contributed by atoms with E-state index in [0.29, 0.717) is 10.5 Å². The van der Waals surface area contributed by atoms with Crippen LogP contribution in [0.25, 0.3) is 0 Å². The van der Waals surface area contributed by atoms with Crippen LogP contribution in [0.1, 0.15) is 42.2 Å². The number of anilines is 1. The third-order valence-electron chi connectivity index (χ3n) is 5.33. The van der Waals surface area contributed by atoms with E-state index >= 15 is 0 Å². The lowest BCUT2D eigenvalue weighted by Crippen LogP contribution is -2.44. The van der Waals surface area contributed by atoms with Gasteiger partial charge in [0.2, 0.25) is 5.91 Å². The maximum absolute atomic E-state index is 11.1. The van der Waals surface area contributed by atoms with Crippen LogP contribution in [0.5, 0.6) is 0 Å². The summed E-state index contributed by atoms with van der Waals surface area (Å²) in [6.45, 7) is 4.74. The van der Waals surface area contributed by atoms with Crippen molar-refractivity contribution in [3.8, 4) is 0 Å². The average Bonchev–Trinajstić information content (AvgIpc) is 3.13. The number of thiazole rings is 1. The van der Waals surface area contributed by atoms with Crippen molar-refractivity contribution >= 4 is 22.4 Å². The molecule has 4 rings (SSSR count). The van der Waals surface area contributed by atoms with Gasteiger partial charge in [-0.25, -0.2) is 4.98 Å². The first-order valence-corrected chi connectivity index (χ1v) is 9.49. The number of nitrogens with zero attached hydrogens (tertiary/aromatic N) is 2. The standard InChI is InChI=1S/C19H23N3OS/c1-14(23)21-18-20-11-16(24-18)12-22-10-4-8-19(13-22)9-7-15-5-2-3-6-17(15)19/h2-3,5-6,11H,4,7-10,12-13H2,1H3,(H,20,21,23). The number of aromatic nitrogens is 1. The van der Waals surface area contributed by atoms with Gasteiger partial charge in [-0.05, 0) is 43.4 Å². The maximum atomic E-state index is 11.1. The summed E-state index contributed by atoms with van der Waals surface area (Å²) in [4.78, 5) is 19.2. The van der Waals surface area contributed by atoms with Crippen molar-refractivity contribution in [2.75, 3.05) is 18.4 Å². The molecular weight excluding hydrogens is 318 g/mol. The number of rotatable bonds is 3. The minimum absolute atomic E-state index is 0.0598. The first kappa shape index (κ1) is 15.8. The SMILES string of the molecule is CC(=O)Nc1ncc(CN2CCCC3(CCc4ccccc43)C2)s1. The zero-order chi connectivity index (χ0) is 16.6. The van der Waals surface area contributed by atoms with Gasteiger partial charge in [-0.15, -0.1) is 11.3 Å². The third kappa shape index (κ3) is 2.98. The number of carbonyl (C=O) groups excluding carboxylic acids is 1. The lowest BCUT2D eigenvalue weighted by atomic mass is 9.75. The van der Waals surface area contributed by atoms with E-state index < -0.39 is 0 Å². The molecule has 126 valence electrons. The van der Waals surface area contributed by atoms with E-state index in [1.807, 2.05) is 6.20 Å². The summed E-state index contributed by atoms with van der Waals surface area (Å²) in [5.41, 5.74) is 3.48. The Hall–Kier alpha value is -1.72. The van der Waals surface area contributed by atoms with Crippen LogP contribution in [0.3, 0.4) is 0 Å². The molecule has 1 aromatic heterocycles. The second-order valence-corrected chi connectivity index (χ2v) is 8.18. The lowest BCUT2D eigenvalue weighted by molar-refractivity contribution is -0.114. The van der Waals surface area contributed by atoms with E-state index in [1.165, 1.54) is 37.5 Å². The summed E-state index contributed by atoms with van der Waals surface area (Å²) in [5, 5.41) is 3.48. The zero-order valence-corrected chi connectivity index (χ0v) is 14.9. The fourth-order valence-electron chi connectivity index (χ4n) is 4.36. The highest BCUT2D eigenvalue weighted by atomic mass is 32.1. The van der Waals surface area contributed by atoms with Crippen LogP contribution in [0.4, 0.5) is 5.13 Å². The summed E-state index contributed by atoms with van der Waals surface area (Å²) in [7, 11) is 0. The van der Waals surface area contributed by atoms with Crippen molar-refractivity contribution in [3.05, 3.63) is 46.5 Å². The predicted molar refractivity (Wildman–Crippen MR) is 97.4 cm³/mol. The normalized spacial score (nSPS) is 23.4. The molecule has 1 aliphatic heterocycles. The van der Waals surface area contributed by atoms with Crippen LogP contribution in [-0.2, 0) is 23.2 Å². The molecule has 2 aliphatic rings. The van der Waals surface area contributed by atoms with Gasteiger partial charge in [0.1, 0.15) is 0 Å². The van der Waals surface area contributed by atoms with Gasteiger partial charge in [0.05, 0.1) is 0 Å². The molecule has 2 aromatic rings. The van der Waals surface area contributed by atoms with Gasteiger partial charge in [0, 0.05) is 36.5 Å². The monoisotopic (exact) mass is 341 g/mol. The van der Waals surface area contributed by atoms with E-state index in [9.17, 15) is 4.79 Å². The molecule has 1 amide bonds. The van der Waals surface area contributed by atoms with E-state index in [-0.39, 0.29) is 5.91 Å². The van der Waals surface area contributed by atoms with Crippen LogP contribution in [0.2, 0.25) is 0 Å². The summed E-state index contributed by atoms with van der Waals surface area (Å²) in [5.74, 6) is -0.0598. The Kier molecular flexibility index (Phi) is 4.14. The Morgan fingerprint density at radius 2 is 2.25 bits per heavy atom. The highest BCUT2D eigenvalue weighted by molar-refractivity contribution is 7.15. The van der Waals surface area contributed by atoms with Crippen molar-refractivity contribution < 1.29 is 4.79 Å². The largest absolute Gasteiger partial charge is 0.302 e. The Morgan fingerprint density at radius 1 is 1.38 bits per heavy atom. The molecule has 1 saturated heterocycles. The number of fused-ring (bicyclic) bond motifs is 2. The number of benzene rings is 1. The van der Waals surface area contributed by atoms with E-state index in [4.69, 9.17) is 0 Å². The van der Waals surface area contributed by atoms with Gasteiger partial charge in [-0.2, -0.15) is 0 Å². The first-order chi connectivity index (χ1) is 11.6. The Morgan fingerprint density at radius 3 is 3.12 bits per heavy atom. The predicted octanol–water partition coefficient (Wildman–Crippen LogP) is 3.58. The molecule has 1 N–H and O–H groups in total. The molecule has 0 bridgehead atoms.